The lowest BCUT2D eigenvalue weighted by Crippen LogP contribution is -2.41. The van der Waals surface area contributed by atoms with E-state index in [4.69, 9.17) is 11.6 Å². The Morgan fingerprint density at radius 3 is 2.73 bits per heavy atom. The summed E-state index contributed by atoms with van der Waals surface area (Å²) in [7, 11) is 0. The van der Waals surface area contributed by atoms with E-state index in [0.717, 1.165) is 30.0 Å². The number of carboxylic acid groups (broad SMARTS) is 1. The number of aliphatic carboxylic acids is 1. The van der Waals surface area contributed by atoms with Crippen molar-refractivity contribution in [3.63, 3.8) is 0 Å². The fraction of sp³-hybridized carbons (Fsp3) is 0.353. The van der Waals surface area contributed by atoms with Gasteiger partial charge >= 0.3 is 5.97 Å². The average molecular weight is 336 g/mol. The van der Waals surface area contributed by atoms with E-state index in [1.165, 1.54) is 4.88 Å². The molecule has 1 fully saturated rings. The average Bonchev–Trinajstić information content (AvgIpc) is 3.04. The summed E-state index contributed by atoms with van der Waals surface area (Å²) in [6.45, 7) is 1.52. The van der Waals surface area contributed by atoms with Crippen LogP contribution in [0.5, 0.6) is 0 Å². The van der Waals surface area contributed by atoms with E-state index >= 15 is 0 Å². The molecule has 1 N–H and O–H groups in total. The van der Waals surface area contributed by atoms with Gasteiger partial charge in [0.15, 0.2) is 0 Å². The molecular formula is C17H18ClNO2S. The number of likely N-dealkylation sites (tertiary alicyclic amines) is 1. The van der Waals surface area contributed by atoms with Crippen LogP contribution in [-0.2, 0) is 4.79 Å². The van der Waals surface area contributed by atoms with Crippen LogP contribution in [0.2, 0.25) is 5.02 Å². The third-order valence-corrected chi connectivity index (χ3v) is 5.34. The highest BCUT2D eigenvalue weighted by molar-refractivity contribution is 7.10. The normalized spacial score (nSPS) is 20.7. The number of hydrogen-bond donors (Lipinski definition) is 1. The molecule has 22 heavy (non-hydrogen) atoms. The van der Waals surface area contributed by atoms with Crippen molar-refractivity contribution in [2.45, 2.75) is 18.9 Å². The quantitative estimate of drug-likeness (QED) is 0.906. The first kappa shape index (κ1) is 15.5. The molecule has 0 radical (unpaired) electrons. The van der Waals surface area contributed by atoms with Gasteiger partial charge < -0.3 is 5.11 Å². The zero-order valence-corrected chi connectivity index (χ0v) is 13.7. The van der Waals surface area contributed by atoms with Crippen LogP contribution in [0, 0.1) is 5.92 Å². The van der Waals surface area contributed by atoms with Crippen LogP contribution in [-0.4, -0.2) is 29.1 Å². The van der Waals surface area contributed by atoms with Crippen LogP contribution >= 0.6 is 22.9 Å². The lowest BCUT2D eigenvalue weighted by molar-refractivity contribution is -0.143. The second-order valence-corrected chi connectivity index (χ2v) is 7.06. The van der Waals surface area contributed by atoms with Gasteiger partial charge in [-0.1, -0.05) is 29.8 Å². The number of rotatable bonds is 4. The minimum absolute atomic E-state index is 0.111. The summed E-state index contributed by atoms with van der Waals surface area (Å²) < 4.78 is 0. The highest BCUT2D eigenvalue weighted by Crippen LogP contribution is 2.35. The van der Waals surface area contributed by atoms with E-state index in [1.54, 1.807) is 11.3 Å². The van der Waals surface area contributed by atoms with Crippen molar-refractivity contribution >= 4 is 28.9 Å². The van der Waals surface area contributed by atoms with Gasteiger partial charge in [-0.25, -0.2) is 0 Å². The maximum atomic E-state index is 11.3. The third kappa shape index (κ3) is 3.35. The molecule has 0 aliphatic carbocycles. The van der Waals surface area contributed by atoms with E-state index < -0.39 is 5.97 Å². The van der Waals surface area contributed by atoms with E-state index in [-0.39, 0.29) is 12.0 Å². The van der Waals surface area contributed by atoms with Crippen LogP contribution in [0.1, 0.15) is 29.3 Å². The summed E-state index contributed by atoms with van der Waals surface area (Å²) in [6.07, 6.45) is 1.69. The van der Waals surface area contributed by atoms with E-state index in [9.17, 15) is 9.90 Å². The van der Waals surface area contributed by atoms with E-state index in [2.05, 4.69) is 16.3 Å². The number of halogens is 1. The van der Waals surface area contributed by atoms with Crippen LogP contribution in [0.4, 0.5) is 0 Å². The van der Waals surface area contributed by atoms with Crippen molar-refractivity contribution in [1.82, 2.24) is 4.90 Å². The molecule has 2 aromatic rings. The van der Waals surface area contributed by atoms with Crippen molar-refractivity contribution in [3.05, 3.63) is 57.2 Å². The van der Waals surface area contributed by atoms with Crippen LogP contribution in [0.15, 0.2) is 41.8 Å². The molecule has 3 rings (SSSR count). The topological polar surface area (TPSA) is 40.5 Å². The Morgan fingerprint density at radius 2 is 2.09 bits per heavy atom. The first-order valence-corrected chi connectivity index (χ1v) is 8.66. The van der Waals surface area contributed by atoms with Crippen molar-refractivity contribution in [3.8, 4) is 0 Å². The van der Waals surface area contributed by atoms with Gasteiger partial charge in [-0.3, -0.25) is 9.69 Å². The largest absolute Gasteiger partial charge is 0.481 e. The van der Waals surface area contributed by atoms with Gasteiger partial charge in [0.1, 0.15) is 0 Å². The molecule has 3 nitrogen and oxygen atoms in total. The predicted molar refractivity (Wildman–Crippen MR) is 89.5 cm³/mol. The Labute approximate surface area is 139 Å². The molecule has 1 saturated heterocycles. The summed E-state index contributed by atoms with van der Waals surface area (Å²) in [5, 5.41) is 12.1. The number of hydrogen-bond acceptors (Lipinski definition) is 3. The Hall–Kier alpha value is -1.36. The van der Waals surface area contributed by atoms with Crippen molar-refractivity contribution < 1.29 is 9.90 Å². The zero-order valence-electron chi connectivity index (χ0n) is 12.1. The fourth-order valence-corrected chi connectivity index (χ4v) is 4.10. The van der Waals surface area contributed by atoms with Crippen LogP contribution in [0.3, 0.4) is 0 Å². The second kappa shape index (κ2) is 6.82. The molecule has 116 valence electrons. The first-order valence-electron chi connectivity index (χ1n) is 7.41. The van der Waals surface area contributed by atoms with Gasteiger partial charge in [0.25, 0.3) is 0 Å². The smallest absolute Gasteiger partial charge is 0.307 e. The first-order chi connectivity index (χ1) is 10.6. The molecule has 5 heteroatoms. The van der Waals surface area contributed by atoms with E-state index in [1.807, 2.05) is 30.3 Å². The van der Waals surface area contributed by atoms with Gasteiger partial charge in [0, 0.05) is 16.4 Å². The number of thiophene rings is 1. The highest BCUT2D eigenvalue weighted by atomic mass is 35.5. The molecule has 2 atom stereocenters. The highest BCUT2D eigenvalue weighted by Gasteiger charge is 2.31. The Morgan fingerprint density at radius 1 is 1.32 bits per heavy atom. The molecule has 0 amide bonds. The third-order valence-electron chi connectivity index (χ3n) is 4.17. The molecule has 0 spiro atoms. The molecule has 1 aromatic carbocycles. The summed E-state index contributed by atoms with van der Waals surface area (Å²) >= 11 is 7.71. The summed E-state index contributed by atoms with van der Waals surface area (Å²) in [5.41, 5.74) is 1.16. The lowest BCUT2D eigenvalue weighted by Gasteiger charge is -2.37. The maximum absolute atomic E-state index is 11.3. The minimum Gasteiger partial charge on any atom is -0.481 e. The Kier molecular flexibility index (Phi) is 4.81. The molecule has 0 bridgehead atoms. The maximum Gasteiger partial charge on any atom is 0.307 e. The molecule has 2 heterocycles. The number of piperidine rings is 1. The van der Waals surface area contributed by atoms with Gasteiger partial charge in [-0.2, -0.15) is 0 Å². The van der Waals surface area contributed by atoms with Crippen molar-refractivity contribution in [2.75, 3.05) is 13.1 Å². The predicted octanol–water partition coefficient (Wildman–Crippen LogP) is 4.29. The monoisotopic (exact) mass is 335 g/mol. The number of carbonyl (C=O) groups is 1. The standard InChI is InChI=1S/C17H18ClNO2S/c18-14-7-5-12(6-8-14)16(15-4-2-10-22-15)19-9-1-3-13(11-19)17(20)21/h2,4-8,10,13,16H,1,3,9,11H2,(H,20,21). The summed E-state index contributed by atoms with van der Waals surface area (Å²) in [6, 6.07) is 12.1. The van der Waals surface area contributed by atoms with Crippen molar-refractivity contribution in [2.24, 2.45) is 5.92 Å². The molecule has 0 saturated carbocycles. The van der Waals surface area contributed by atoms with Gasteiger partial charge in [0.05, 0.1) is 12.0 Å². The Bertz CT molecular complexity index is 627. The van der Waals surface area contributed by atoms with Gasteiger partial charge in [-0.05, 0) is 48.5 Å². The molecular weight excluding hydrogens is 318 g/mol. The number of carboxylic acids is 1. The SMILES string of the molecule is O=C(O)C1CCCN(C(c2ccc(Cl)cc2)c2cccs2)C1. The minimum atomic E-state index is -0.689. The van der Waals surface area contributed by atoms with Crippen molar-refractivity contribution in [1.29, 1.82) is 0 Å². The van der Waals surface area contributed by atoms with Crippen LogP contribution in [0.25, 0.3) is 0 Å². The summed E-state index contributed by atoms with van der Waals surface area (Å²) in [5.74, 6) is -0.964. The lowest BCUT2D eigenvalue weighted by atomic mass is 9.94. The second-order valence-electron chi connectivity index (χ2n) is 5.64. The number of benzene rings is 1. The van der Waals surface area contributed by atoms with Gasteiger partial charge in [0.2, 0.25) is 0 Å². The Balaban J connectivity index is 1.92. The molecule has 2 unspecified atom stereocenters. The molecule has 1 aliphatic rings. The summed E-state index contributed by atoms with van der Waals surface area (Å²) in [4.78, 5) is 14.9. The van der Waals surface area contributed by atoms with Crippen LogP contribution < -0.4 is 0 Å². The van der Waals surface area contributed by atoms with E-state index in [0.29, 0.717) is 6.54 Å². The fourth-order valence-electron chi connectivity index (χ4n) is 3.09. The van der Waals surface area contributed by atoms with Gasteiger partial charge in [-0.15, -0.1) is 11.3 Å². The molecule has 1 aliphatic heterocycles. The molecule has 1 aromatic heterocycles. The number of nitrogens with zero attached hydrogens (tertiary/aromatic N) is 1. The zero-order chi connectivity index (χ0) is 15.5.